The standard InChI is InChI=1S/C21H19BrN4O4S/c1-14(27)24-15-10-12-16(13-11-15)31(29,30)25-18-7-3-5-9-20(18)26(21(23)28)19-8-4-2-6-17(19)22/h2-13,25H,1H3,(H2,23,28)(H,24,27). The molecule has 0 saturated carbocycles. The van der Waals surface area contributed by atoms with Gasteiger partial charge in [0.2, 0.25) is 5.91 Å². The minimum Gasteiger partial charge on any atom is -0.351 e. The minimum atomic E-state index is -3.99. The summed E-state index contributed by atoms with van der Waals surface area (Å²) in [6.07, 6.45) is 0. The van der Waals surface area contributed by atoms with Crippen LogP contribution in [0.2, 0.25) is 0 Å². The number of hydrogen-bond donors (Lipinski definition) is 3. The summed E-state index contributed by atoms with van der Waals surface area (Å²) in [6.45, 7) is 1.36. The third kappa shape index (κ3) is 5.22. The number of amides is 3. The van der Waals surface area contributed by atoms with E-state index in [1.165, 1.54) is 42.2 Å². The van der Waals surface area contributed by atoms with Crippen molar-refractivity contribution in [1.29, 1.82) is 0 Å². The van der Waals surface area contributed by atoms with Crippen molar-refractivity contribution in [2.45, 2.75) is 11.8 Å². The molecule has 0 aromatic heterocycles. The zero-order valence-corrected chi connectivity index (χ0v) is 18.8. The molecule has 0 bridgehead atoms. The molecule has 0 fully saturated rings. The molecule has 0 aliphatic carbocycles. The van der Waals surface area contributed by atoms with Crippen LogP contribution >= 0.6 is 15.9 Å². The smallest absolute Gasteiger partial charge is 0.323 e. The molecule has 160 valence electrons. The molecule has 0 saturated heterocycles. The molecular formula is C21H19BrN4O4S. The first-order chi connectivity index (χ1) is 14.7. The van der Waals surface area contributed by atoms with Gasteiger partial charge in [0.1, 0.15) is 0 Å². The molecule has 3 amide bonds. The van der Waals surface area contributed by atoms with Crippen molar-refractivity contribution in [3.8, 4) is 0 Å². The maximum atomic E-state index is 12.9. The first-order valence-corrected chi connectivity index (χ1v) is 11.3. The number of hydrogen-bond acceptors (Lipinski definition) is 4. The number of carbonyl (C=O) groups excluding carboxylic acids is 2. The molecule has 4 N–H and O–H groups in total. The van der Waals surface area contributed by atoms with Crippen LogP contribution in [-0.2, 0) is 14.8 Å². The number of anilines is 4. The van der Waals surface area contributed by atoms with Crippen LogP contribution in [0.15, 0.2) is 82.2 Å². The Morgan fingerprint density at radius 3 is 2.06 bits per heavy atom. The normalized spacial score (nSPS) is 10.9. The van der Waals surface area contributed by atoms with Crippen LogP contribution in [0.3, 0.4) is 0 Å². The van der Waals surface area contributed by atoms with Crippen LogP contribution < -0.4 is 20.7 Å². The van der Waals surface area contributed by atoms with Gasteiger partial charge in [-0.3, -0.25) is 14.4 Å². The van der Waals surface area contributed by atoms with Gasteiger partial charge >= 0.3 is 6.03 Å². The zero-order chi connectivity index (χ0) is 22.6. The fraction of sp³-hybridized carbons (Fsp3) is 0.0476. The van der Waals surface area contributed by atoms with E-state index in [9.17, 15) is 18.0 Å². The Labute approximate surface area is 188 Å². The highest BCUT2D eigenvalue weighted by Crippen LogP contribution is 2.36. The van der Waals surface area contributed by atoms with Gasteiger partial charge in [-0.25, -0.2) is 13.2 Å². The summed E-state index contributed by atoms with van der Waals surface area (Å²) in [5.41, 5.74) is 6.99. The van der Waals surface area contributed by atoms with E-state index in [-0.39, 0.29) is 22.2 Å². The summed E-state index contributed by atoms with van der Waals surface area (Å²) < 4.78 is 29.0. The van der Waals surface area contributed by atoms with E-state index in [1.807, 2.05) is 0 Å². The van der Waals surface area contributed by atoms with Crippen molar-refractivity contribution in [3.63, 3.8) is 0 Å². The largest absolute Gasteiger partial charge is 0.351 e. The number of nitrogens with two attached hydrogens (primary N) is 1. The fourth-order valence-corrected chi connectivity index (χ4v) is 4.42. The molecular weight excluding hydrogens is 484 g/mol. The molecule has 8 nitrogen and oxygen atoms in total. The van der Waals surface area contributed by atoms with Gasteiger partial charge in [-0.15, -0.1) is 0 Å². The average Bonchev–Trinajstić information content (AvgIpc) is 2.70. The molecule has 10 heteroatoms. The van der Waals surface area contributed by atoms with Crippen molar-refractivity contribution in [1.82, 2.24) is 0 Å². The van der Waals surface area contributed by atoms with Crippen molar-refractivity contribution < 1.29 is 18.0 Å². The maximum absolute atomic E-state index is 12.9. The van der Waals surface area contributed by atoms with Crippen molar-refractivity contribution >= 4 is 60.6 Å². The predicted molar refractivity (Wildman–Crippen MR) is 124 cm³/mol. The van der Waals surface area contributed by atoms with Gasteiger partial charge in [0.25, 0.3) is 10.0 Å². The van der Waals surface area contributed by atoms with Crippen LogP contribution in [0.4, 0.5) is 27.5 Å². The number of halogens is 1. The summed E-state index contributed by atoms with van der Waals surface area (Å²) in [5, 5.41) is 2.58. The topological polar surface area (TPSA) is 122 Å². The lowest BCUT2D eigenvalue weighted by atomic mass is 10.2. The first-order valence-electron chi connectivity index (χ1n) is 9.02. The summed E-state index contributed by atoms with van der Waals surface area (Å²) in [7, 11) is -3.99. The molecule has 0 aliphatic rings. The number of urea groups is 1. The maximum Gasteiger partial charge on any atom is 0.323 e. The Morgan fingerprint density at radius 2 is 1.48 bits per heavy atom. The third-order valence-electron chi connectivity index (χ3n) is 4.19. The highest BCUT2D eigenvalue weighted by molar-refractivity contribution is 9.10. The average molecular weight is 503 g/mol. The number of rotatable bonds is 6. The number of carbonyl (C=O) groups is 2. The quantitative estimate of drug-likeness (QED) is 0.461. The minimum absolute atomic E-state index is 0.0112. The second-order valence-electron chi connectivity index (χ2n) is 6.45. The lowest BCUT2D eigenvalue weighted by molar-refractivity contribution is -0.114. The van der Waals surface area contributed by atoms with Crippen LogP contribution in [0, 0.1) is 0 Å². The molecule has 0 heterocycles. The lowest BCUT2D eigenvalue weighted by Gasteiger charge is -2.24. The Morgan fingerprint density at radius 1 is 0.903 bits per heavy atom. The molecule has 0 aliphatic heterocycles. The van der Waals surface area contributed by atoms with E-state index in [2.05, 4.69) is 26.0 Å². The highest BCUT2D eigenvalue weighted by Gasteiger charge is 2.23. The van der Waals surface area contributed by atoms with Crippen LogP contribution in [-0.4, -0.2) is 20.4 Å². The van der Waals surface area contributed by atoms with E-state index >= 15 is 0 Å². The van der Waals surface area contributed by atoms with Crippen molar-refractivity contribution in [2.75, 3.05) is 14.9 Å². The van der Waals surface area contributed by atoms with Crippen molar-refractivity contribution in [2.24, 2.45) is 5.73 Å². The Hall–Kier alpha value is -3.37. The van der Waals surface area contributed by atoms with E-state index < -0.39 is 16.1 Å². The number of benzene rings is 3. The molecule has 0 unspecified atom stereocenters. The van der Waals surface area contributed by atoms with Gasteiger partial charge in [0.15, 0.2) is 0 Å². The van der Waals surface area contributed by atoms with Crippen LogP contribution in [0.25, 0.3) is 0 Å². The number of nitrogens with one attached hydrogen (secondary N) is 2. The second-order valence-corrected chi connectivity index (χ2v) is 8.99. The van der Waals surface area contributed by atoms with Gasteiger partial charge in [0.05, 0.1) is 22.0 Å². The molecule has 0 spiro atoms. The molecule has 31 heavy (non-hydrogen) atoms. The summed E-state index contributed by atoms with van der Waals surface area (Å²) in [6, 6.07) is 18.3. The summed E-state index contributed by atoms with van der Waals surface area (Å²) in [4.78, 5) is 24.6. The van der Waals surface area contributed by atoms with Gasteiger partial charge in [-0.05, 0) is 64.5 Å². The third-order valence-corrected chi connectivity index (χ3v) is 6.24. The lowest BCUT2D eigenvalue weighted by Crippen LogP contribution is -2.32. The molecule has 3 aromatic carbocycles. The second kappa shape index (κ2) is 9.19. The molecule has 3 aromatic rings. The molecule has 0 atom stereocenters. The van der Waals surface area contributed by atoms with E-state index in [0.717, 1.165) is 0 Å². The SMILES string of the molecule is CC(=O)Nc1ccc(S(=O)(=O)Nc2ccccc2N(C(N)=O)c2ccccc2Br)cc1. The summed E-state index contributed by atoms with van der Waals surface area (Å²) in [5.74, 6) is -0.263. The number of nitrogens with zero attached hydrogens (tertiary/aromatic N) is 1. The van der Waals surface area contributed by atoms with E-state index in [1.54, 1.807) is 42.5 Å². The number of para-hydroxylation sites is 3. The van der Waals surface area contributed by atoms with Crippen molar-refractivity contribution in [3.05, 3.63) is 77.3 Å². The zero-order valence-electron chi connectivity index (χ0n) is 16.4. The van der Waals surface area contributed by atoms with E-state index in [0.29, 0.717) is 15.8 Å². The van der Waals surface area contributed by atoms with E-state index in [4.69, 9.17) is 5.73 Å². The number of primary amides is 1. The van der Waals surface area contributed by atoms with Gasteiger partial charge in [-0.1, -0.05) is 24.3 Å². The van der Waals surface area contributed by atoms with Crippen LogP contribution in [0.1, 0.15) is 6.92 Å². The highest BCUT2D eigenvalue weighted by atomic mass is 79.9. The Kier molecular flexibility index (Phi) is 6.62. The van der Waals surface area contributed by atoms with Gasteiger partial charge < -0.3 is 11.1 Å². The molecule has 0 radical (unpaired) electrons. The first kappa shape index (κ1) is 22.3. The van der Waals surface area contributed by atoms with Gasteiger partial charge in [0, 0.05) is 17.1 Å². The summed E-state index contributed by atoms with van der Waals surface area (Å²) >= 11 is 3.39. The fourth-order valence-electron chi connectivity index (χ4n) is 2.88. The Bertz CT molecular complexity index is 1230. The predicted octanol–water partition coefficient (Wildman–Crippen LogP) is 4.43. The monoisotopic (exact) mass is 502 g/mol. The van der Waals surface area contributed by atoms with Crippen LogP contribution in [0.5, 0.6) is 0 Å². The van der Waals surface area contributed by atoms with Gasteiger partial charge in [-0.2, -0.15) is 0 Å². The molecule has 3 rings (SSSR count). The number of sulfonamides is 1. The Balaban J connectivity index is 1.98.